The van der Waals surface area contributed by atoms with Gasteiger partial charge in [0.25, 0.3) is 11.8 Å². The summed E-state index contributed by atoms with van der Waals surface area (Å²) in [5.41, 5.74) is 1.61. The molecule has 31 heavy (non-hydrogen) atoms. The van der Waals surface area contributed by atoms with E-state index in [1.165, 1.54) is 0 Å². The highest BCUT2D eigenvalue weighted by molar-refractivity contribution is 5.97. The second-order valence-corrected chi connectivity index (χ2v) is 7.65. The number of anilines is 1. The van der Waals surface area contributed by atoms with E-state index in [2.05, 4.69) is 10.6 Å². The fraction of sp³-hybridized carbons (Fsp3) is 0.348. The van der Waals surface area contributed by atoms with Gasteiger partial charge in [-0.3, -0.25) is 9.59 Å². The lowest BCUT2D eigenvalue weighted by Gasteiger charge is -2.35. The number of rotatable bonds is 5. The van der Waals surface area contributed by atoms with Crippen molar-refractivity contribution in [3.05, 3.63) is 59.7 Å². The molecular formula is C23H28N4O4. The van der Waals surface area contributed by atoms with Crippen LogP contribution in [0.3, 0.4) is 0 Å². The van der Waals surface area contributed by atoms with Crippen molar-refractivity contribution < 1.29 is 19.1 Å². The average molecular weight is 425 g/mol. The van der Waals surface area contributed by atoms with E-state index in [0.29, 0.717) is 48.7 Å². The number of ether oxygens (including phenoxy) is 1. The molecule has 2 N–H and O–H groups in total. The molecule has 1 saturated heterocycles. The van der Waals surface area contributed by atoms with E-state index in [-0.39, 0.29) is 23.9 Å². The molecule has 3 rings (SSSR count). The van der Waals surface area contributed by atoms with Gasteiger partial charge in [-0.1, -0.05) is 12.1 Å². The molecule has 0 saturated carbocycles. The molecule has 0 atom stereocenters. The zero-order valence-electron chi connectivity index (χ0n) is 18.1. The van der Waals surface area contributed by atoms with Crippen molar-refractivity contribution in [3.63, 3.8) is 0 Å². The molecule has 0 bridgehead atoms. The van der Waals surface area contributed by atoms with E-state index in [9.17, 15) is 14.4 Å². The van der Waals surface area contributed by atoms with Crippen LogP contribution < -0.4 is 15.4 Å². The van der Waals surface area contributed by atoms with Crippen molar-refractivity contribution >= 4 is 23.5 Å². The molecule has 164 valence electrons. The summed E-state index contributed by atoms with van der Waals surface area (Å²) in [5, 5.41) is 5.49. The van der Waals surface area contributed by atoms with Gasteiger partial charge >= 0.3 is 6.03 Å². The van der Waals surface area contributed by atoms with Gasteiger partial charge in [-0.15, -0.1) is 0 Å². The quantitative estimate of drug-likeness (QED) is 0.772. The van der Waals surface area contributed by atoms with E-state index >= 15 is 0 Å². The maximum atomic E-state index is 12.9. The van der Waals surface area contributed by atoms with E-state index in [0.717, 1.165) is 0 Å². The number of methoxy groups -OCH3 is 1. The van der Waals surface area contributed by atoms with E-state index in [4.69, 9.17) is 4.74 Å². The second kappa shape index (κ2) is 9.97. The van der Waals surface area contributed by atoms with Gasteiger partial charge in [0.1, 0.15) is 5.75 Å². The van der Waals surface area contributed by atoms with Gasteiger partial charge in [-0.2, -0.15) is 0 Å². The van der Waals surface area contributed by atoms with Crippen molar-refractivity contribution in [2.75, 3.05) is 38.6 Å². The van der Waals surface area contributed by atoms with Crippen LogP contribution in [0, 0.1) is 0 Å². The van der Waals surface area contributed by atoms with Gasteiger partial charge in [-0.25, -0.2) is 4.79 Å². The van der Waals surface area contributed by atoms with Gasteiger partial charge < -0.3 is 25.2 Å². The molecule has 2 aromatic rings. The highest BCUT2D eigenvalue weighted by Crippen LogP contribution is 2.17. The van der Waals surface area contributed by atoms with Gasteiger partial charge in [-0.05, 0) is 50.2 Å². The lowest BCUT2D eigenvalue weighted by Crippen LogP contribution is -2.50. The summed E-state index contributed by atoms with van der Waals surface area (Å²) >= 11 is 0. The molecule has 4 amide bonds. The largest absolute Gasteiger partial charge is 0.497 e. The Balaban J connectivity index is 1.59. The summed E-state index contributed by atoms with van der Waals surface area (Å²) in [6, 6.07) is 13.6. The minimum atomic E-state index is -0.315. The number of urea groups is 1. The second-order valence-electron chi connectivity index (χ2n) is 7.65. The topological polar surface area (TPSA) is 91.0 Å². The number of carbonyl (C=O) groups is 3. The third-order valence-electron chi connectivity index (χ3n) is 4.96. The Morgan fingerprint density at radius 1 is 0.871 bits per heavy atom. The van der Waals surface area contributed by atoms with Crippen LogP contribution in [0.1, 0.15) is 34.6 Å². The standard InChI is InChI=1S/C23H28N4O4/c1-16(2)24-23(30)25-19-8-4-6-17(14-19)21(28)26-10-12-27(13-11-26)22(29)18-7-5-9-20(15-18)31-3/h4-9,14-16H,10-13H2,1-3H3,(H2,24,25,30). The summed E-state index contributed by atoms with van der Waals surface area (Å²) < 4.78 is 5.19. The van der Waals surface area contributed by atoms with Crippen LogP contribution in [0.5, 0.6) is 5.75 Å². The van der Waals surface area contributed by atoms with Gasteiger partial charge in [0, 0.05) is 49.0 Å². The Morgan fingerprint density at radius 2 is 1.42 bits per heavy atom. The highest BCUT2D eigenvalue weighted by Gasteiger charge is 2.26. The molecule has 2 aromatic carbocycles. The molecule has 1 aliphatic rings. The summed E-state index contributed by atoms with van der Waals surface area (Å²) in [6.07, 6.45) is 0. The Kier molecular flexibility index (Phi) is 7.12. The van der Waals surface area contributed by atoms with Crippen LogP contribution in [-0.4, -0.2) is 67.0 Å². The molecular weight excluding hydrogens is 396 g/mol. The Bertz CT molecular complexity index is 952. The fourth-order valence-electron chi connectivity index (χ4n) is 3.39. The number of piperazine rings is 1. The molecule has 0 aliphatic carbocycles. The molecule has 0 unspecified atom stereocenters. The first-order chi connectivity index (χ1) is 14.9. The van der Waals surface area contributed by atoms with E-state index in [1.54, 1.807) is 65.4 Å². The fourth-order valence-corrected chi connectivity index (χ4v) is 3.39. The minimum absolute atomic E-state index is 0.0146. The Labute approximate surface area is 182 Å². The molecule has 1 fully saturated rings. The van der Waals surface area contributed by atoms with Crippen molar-refractivity contribution in [2.45, 2.75) is 19.9 Å². The number of hydrogen-bond donors (Lipinski definition) is 2. The summed E-state index contributed by atoms with van der Waals surface area (Å²) in [6.45, 7) is 5.55. The number of nitrogens with one attached hydrogen (secondary N) is 2. The number of benzene rings is 2. The first-order valence-electron chi connectivity index (χ1n) is 10.3. The Morgan fingerprint density at radius 3 is 1.97 bits per heavy atom. The first kappa shape index (κ1) is 22.1. The lowest BCUT2D eigenvalue weighted by molar-refractivity contribution is 0.0535. The van der Waals surface area contributed by atoms with Gasteiger partial charge in [0.05, 0.1) is 7.11 Å². The van der Waals surface area contributed by atoms with E-state index < -0.39 is 0 Å². The molecule has 8 heteroatoms. The van der Waals surface area contributed by atoms with Crippen LogP contribution in [-0.2, 0) is 0 Å². The number of hydrogen-bond acceptors (Lipinski definition) is 4. The predicted octanol–water partition coefficient (Wildman–Crippen LogP) is 2.82. The summed E-state index contributed by atoms with van der Waals surface area (Å²) in [4.78, 5) is 41.0. The van der Waals surface area contributed by atoms with Crippen molar-refractivity contribution in [1.29, 1.82) is 0 Å². The molecule has 1 aliphatic heterocycles. The maximum absolute atomic E-state index is 12.9. The Hall–Kier alpha value is -3.55. The number of carbonyl (C=O) groups excluding carboxylic acids is 3. The molecule has 8 nitrogen and oxygen atoms in total. The van der Waals surface area contributed by atoms with Crippen LogP contribution >= 0.6 is 0 Å². The third kappa shape index (κ3) is 5.75. The van der Waals surface area contributed by atoms with Gasteiger partial charge in [0.2, 0.25) is 0 Å². The van der Waals surface area contributed by atoms with Crippen molar-refractivity contribution in [2.24, 2.45) is 0 Å². The summed E-state index contributed by atoms with van der Waals surface area (Å²) in [7, 11) is 1.56. The SMILES string of the molecule is COc1cccc(C(=O)N2CCN(C(=O)c3cccc(NC(=O)NC(C)C)c3)CC2)c1. The zero-order valence-corrected chi connectivity index (χ0v) is 18.1. The van der Waals surface area contributed by atoms with Crippen LogP contribution in [0.25, 0.3) is 0 Å². The normalized spacial score (nSPS) is 13.7. The first-order valence-corrected chi connectivity index (χ1v) is 10.3. The zero-order chi connectivity index (χ0) is 22.4. The maximum Gasteiger partial charge on any atom is 0.319 e. The third-order valence-corrected chi connectivity index (χ3v) is 4.96. The smallest absolute Gasteiger partial charge is 0.319 e. The molecule has 0 radical (unpaired) electrons. The monoisotopic (exact) mass is 424 g/mol. The highest BCUT2D eigenvalue weighted by atomic mass is 16.5. The minimum Gasteiger partial charge on any atom is -0.497 e. The molecule has 1 heterocycles. The molecule has 0 aromatic heterocycles. The van der Waals surface area contributed by atoms with Crippen molar-refractivity contribution in [1.82, 2.24) is 15.1 Å². The van der Waals surface area contributed by atoms with Crippen LogP contribution in [0.2, 0.25) is 0 Å². The number of amides is 4. The summed E-state index contributed by atoms with van der Waals surface area (Å²) in [5.74, 6) is 0.435. The lowest BCUT2D eigenvalue weighted by atomic mass is 10.1. The van der Waals surface area contributed by atoms with Crippen LogP contribution in [0.15, 0.2) is 48.5 Å². The molecule has 0 spiro atoms. The van der Waals surface area contributed by atoms with Gasteiger partial charge in [0.15, 0.2) is 0 Å². The average Bonchev–Trinajstić information content (AvgIpc) is 2.78. The predicted molar refractivity (Wildman–Crippen MR) is 119 cm³/mol. The van der Waals surface area contributed by atoms with Crippen molar-refractivity contribution in [3.8, 4) is 5.75 Å². The van der Waals surface area contributed by atoms with E-state index in [1.807, 2.05) is 13.8 Å². The number of nitrogens with zero attached hydrogens (tertiary/aromatic N) is 2. The van der Waals surface area contributed by atoms with Crippen LogP contribution in [0.4, 0.5) is 10.5 Å².